The molecular formula is C12H16ClFN2O. The van der Waals surface area contributed by atoms with Crippen molar-refractivity contribution in [3.05, 3.63) is 29.0 Å². The van der Waals surface area contributed by atoms with Crippen LogP contribution in [0.15, 0.2) is 18.2 Å². The number of nitrogens with one attached hydrogen (secondary N) is 1. The van der Waals surface area contributed by atoms with Crippen molar-refractivity contribution in [2.45, 2.75) is 13.8 Å². The summed E-state index contributed by atoms with van der Waals surface area (Å²) < 4.78 is 12.8. The lowest BCUT2D eigenvalue weighted by atomic mass is 10.3. The standard InChI is InChI=1S/C12H16ClFN2O/c1-3-16(4-2)8-12(17)15-11-6-5-9(14)7-10(11)13/h5-7H,3-4,8H2,1-2H3,(H,15,17). The molecule has 0 radical (unpaired) electrons. The van der Waals surface area contributed by atoms with Crippen LogP contribution in [0.25, 0.3) is 0 Å². The predicted octanol–water partition coefficient (Wildman–Crippen LogP) is 2.76. The van der Waals surface area contributed by atoms with Gasteiger partial charge in [-0.2, -0.15) is 0 Å². The molecule has 0 unspecified atom stereocenters. The van der Waals surface area contributed by atoms with Crippen molar-refractivity contribution in [1.29, 1.82) is 0 Å². The highest BCUT2D eigenvalue weighted by molar-refractivity contribution is 6.33. The first kappa shape index (κ1) is 13.9. The van der Waals surface area contributed by atoms with Crippen LogP contribution in [-0.2, 0) is 4.79 Å². The Bertz CT molecular complexity index is 394. The summed E-state index contributed by atoms with van der Waals surface area (Å²) >= 11 is 5.81. The maximum absolute atomic E-state index is 12.8. The maximum Gasteiger partial charge on any atom is 0.238 e. The van der Waals surface area contributed by atoms with E-state index in [2.05, 4.69) is 5.32 Å². The molecule has 1 amide bonds. The Balaban J connectivity index is 2.62. The van der Waals surface area contributed by atoms with E-state index in [0.29, 0.717) is 12.2 Å². The summed E-state index contributed by atoms with van der Waals surface area (Å²) in [5, 5.41) is 2.86. The smallest absolute Gasteiger partial charge is 0.238 e. The van der Waals surface area contributed by atoms with E-state index < -0.39 is 5.82 Å². The zero-order chi connectivity index (χ0) is 12.8. The number of halogens is 2. The van der Waals surface area contributed by atoms with Gasteiger partial charge in [0, 0.05) is 0 Å². The minimum atomic E-state index is -0.420. The number of amides is 1. The van der Waals surface area contributed by atoms with Gasteiger partial charge in [-0.05, 0) is 31.3 Å². The molecule has 0 saturated carbocycles. The fourth-order valence-electron chi connectivity index (χ4n) is 1.43. The summed E-state index contributed by atoms with van der Waals surface area (Å²) in [6.45, 7) is 5.89. The van der Waals surface area contributed by atoms with Gasteiger partial charge in [-0.1, -0.05) is 25.4 Å². The summed E-state index contributed by atoms with van der Waals surface area (Å²) in [6.07, 6.45) is 0. The first-order valence-corrected chi connectivity index (χ1v) is 5.91. The second-order valence-corrected chi connectivity index (χ2v) is 4.04. The van der Waals surface area contributed by atoms with E-state index in [0.717, 1.165) is 13.1 Å². The molecule has 1 aromatic rings. The molecule has 0 spiro atoms. The van der Waals surface area contributed by atoms with E-state index in [9.17, 15) is 9.18 Å². The van der Waals surface area contributed by atoms with Crippen LogP contribution in [0.5, 0.6) is 0 Å². The largest absolute Gasteiger partial charge is 0.324 e. The Labute approximate surface area is 106 Å². The number of anilines is 1. The molecule has 0 bridgehead atoms. The summed E-state index contributed by atoms with van der Waals surface area (Å²) in [4.78, 5) is 13.7. The maximum atomic E-state index is 12.8. The van der Waals surface area contributed by atoms with Gasteiger partial charge in [0.2, 0.25) is 5.91 Å². The van der Waals surface area contributed by atoms with Crippen molar-refractivity contribution in [3.63, 3.8) is 0 Å². The van der Waals surface area contributed by atoms with Crippen LogP contribution in [0.1, 0.15) is 13.8 Å². The molecule has 0 aliphatic rings. The van der Waals surface area contributed by atoms with E-state index >= 15 is 0 Å². The van der Waals surface area contributed by atoms with Gasteiger partial charge in [0.15, 0.2) is 0 Å². The van der Waals surface area contributed by atoms with Crippen molar-refractivity contribution in [2.75, 3.05) is 25.0 Å². The van der Waals surface area contributed by atoms with E-state index in [1.165, 1.54) is 18.2 Å². The van der Waals surface area contributed by atoms with Gasteiger partial charge in [0.05, 0.1) is 17.3 Å². The molecule has 5 heteroatoms. The lowest BCUT2D eigenvalue weighted by Crippen LogP contribution is -2.32. The van der Waals surface area contributed by atoms with Crippen molar-refractivity contribution in [3.8, 4) is 0 Å². The van der Waals surface area contributed by atoms with Gasteiger partial charge >= 0.3 is 0 Å². The number of nitrogens with zero attached hydrogens (tertiary/aromatic N) is 1. The average Bonchev–Trinajstić information content (AvgIpc) is 2.29. The predicted molar refractivity (Wildman–Crippen MR) is 67.8 cm³/mol. The Morgan fingerprint density at radius 2 is 2.06 bits per heavy atom. The van der Waals surface area contributed by atoms with E-state index in [1.807, 2.05) is 18.7 Å². The normalized spacial score (nSPS) is 10.6. The minimum Gasteiger partial charge on any atom is -0.324 e. The molecule has 0 atom stereocenters. The number of rotatable bonds is 5. The number of carbonyl (C=O) groups is 1. The van der Waals surface area contributed by atoms with Gasteiger partial charge in [0.1, 0.15) is 5.82 Å². The second kappa shape index (κ2) is 6.57. The number of carbonyl (C=O) groups excluding carboxylic acids is 1. The third-order valence-electron chi connectivity index (χ3n) is 2.47. The summed E-state index contributed by atoms with van der Waals surface area (Å²) in [5.74, 6) is -0.570. The number of hydrogen-bond donors (Lipinski definition) is 1. The van der Waals surface area contributed by atoms with Crippen LogP contribution in [0.3, 0.4) is 0 Å². The van der Waals surface area contributed by atoms with Crippen LogP contribution in [0.2, 0.25) is 5.02 Å². The van der Waals surface area contributed by atoms with Crippen LogP contribution < -0.4 is 5.32 Å². The van der Waals surface area contributed by atoms with Crippen molar-refractivity contribution < 1.29 is 9.18 Å². The Kier molecular flexibility index (Phi) is 5.38. The summed E-state index contributed by atoms with van der Waals surface area (Å²) in [5.41, 5.74) is 0.435. The second-order valence-electron chi connectivity index (χ2n) is 3.63. The van der Waals surface area contributed by atoms with Crippen molar-refractivity contribution in [1.82, 2.24) is 4.90 Å². The third-order valence-corrected chi connectivity index (χ3v) is 2.78. The molecule has 0 fully saturated rings. The molecule has 0 aromatic heterocycles. The molecule has 1 rings (SSSR count). The summed E-state index contributed by atoms with van der Waals surface area (Å²) in [7, 11) is 0. The first-order chi connectivity index (χ1) is 8.06. The van der Waals surface area contributed by atoms with Crippen molar-refractivity contribution >= 4 is 23.2 Å². The van der Waals surface area contributed by atoms with Gasteiger partial charge in [0.25, 0.3) is 0 Å². The lowest BCUT2D eigenvalue weighted by Gasteiger charge is -2.17. The van der Waals surface area contributed by atoms with Gasteiger partial charge in [-0.3, -0.25) is 9.69 Å². The van der Waals surface area contributed by atoms with Crippen molar-refractivity contribution in [2.24, 2.45) is 0 Å². The zero-order valence-electron chi connectivity index (χ0n) is 9.96. The molecule has 94 valence electrons. The molecule has 3 nitrogen and oxygen atoms in total. The van der Waals surface area contributed by atoms with E-state index in [4.69, 9.17) is 11.6 Å². The monoisotopic (exact) mass is 258 g/mol. The summed E-state index contributed by atoms with van der Waals surface area (Å²) in [6, 6.07) is 3.89. The van der Waals surface area contributed by atoms with Gasteiger partial charge in [-0.15, -0.1) is 0 Å². The Morgan fingerprint density at radius 3 is 2.59 bits per heavy atom. The zero-order valence-corrected chi connectivity index (χ0v) is 10.7. The molecule has 1 aromatic carbocycles. The SMILES string of the molecule is CCN(CC)CC(=O)Nc1ccc(F)cc1Cl. The third kappa shape index (κ3) is 4.32. The average molecular weight is 259 g/mol. The minimum absolute atomic E-state index is 0.151. The number of benzene rings is 1. The molecule has 0 saturated heterocycles. The Morgan fingerprint density at radius 1 is 1.41 bits per heavy atom. The van der Waals surface area contributed by atoms with Gasteiger partial charge < -0.3 is 5.32 Å². The molecule has 17 heavy (non-hydrogen) atoms. The first-order valence-electron chi connectivity index (χ1n) is 5.54. The van der Waals surface area contributed by atoms with Crippen LogP contribution in [0, 0.1) is 5.82 Å². The molecule has 0 aliphatic carbocycles. The van der Waals surface area contributed by atoms with Crippen LogP contribution in [-0.4, -0.2) is 30.4 Å². The number of likely N-dealkylation sites (N-methyl/N-ethyl adjacent to an activating group) is 1. The quantitative estimate of drug-likeness (QED) is 0.881. The fourth-order valence-corrected chi connectivity index (χ4v) is 1.65. The van der Waals surface area contributed by atoms with E-state index in [1.54, 1.807) is 0 Å². The molecular weight excluding hydrogens is 243 g/mol. The molecule has 0 heterocycles. The molecule has 0 aliphatic heterocycles. The van der Waals surface area contributed by atoms with E-state index in [-0.39, 0.29) is 10.9 Å². The van der Waals surface area contributed by atoms with Crippen LogP contribution in [0.4, 0.5) is 10.1 Å². The lowest BCUT2D eigenvalue weighted by molar-refractivity contribution is -0.117. The van der Waals surface area contributed by atoms with Gasteiger partial charge in [-0.25, -0.2) is 4.39 Å². The highest BCUT2D eigenvalue weighted by Crippen LogP contribution is 2.22. The Hall–Kier alpha value is -1.13. The highest BCUT2D eigenvalue weighted by atomic mass is 35.5. The topological polar surface area (TPSA) is 32.3 Å². The molecule has 1 N–H and O–H groups in total. The van der Waals surface area contributed by atoms with Crippen LogP contribution >= 0.6 is 11.6 Å². The number of hydrogen-bond acceptors (Lipinski definition) is 2. The fraction of sp³-hybridized carbons (Fsp3) is 0.417. The highest BCUT2D eigenvalue weighted by Gasteiger charge is 2.09.